The molecule has 2 aliphatic rings. The first kappa shape index (κ1) is 23.0. The highest BCUT2D eigenvalue weighted by Crippen LogP contribution is 2.52. The average molecular weight is 468 g/mol. The second kappa shape index (κ2) is 8.01. The number of hydrogen-bond donors (Lipinski definition) is 0. The summed E-state index contributed by atoms with van der Waals surface area (Å²) in [4.78, 5) is 22.7. The van der Waals surface area contributed by atoms with Crippen molar-refractivity contribution < 1.29 is 22.4 Å². The molecule has 1 amide bonds. The Morgan fingerprint density at radius 1 is 1.16 bits per heavy atom. The van der Waals surface area contributed by atoms with E-state index >= 15 is 0 Å². The molecule has 0 spiro atoms. The van der Waals surface area contributed by atoms with Gasteiger partial charge < -0.3 is 4.90 Å². The Kier molecular flexibility index (Phi) is 5.76. The molecule has 0 radical (unpaired) electrons. The number of nitrogens with zero attached hydrogens (tertiary/aromatic N) is 3. The number of carbonyl (C=O) groups is 1. The van der Waals surface area contributed by atoms with E-state index in [1.54, 1.807) is 0 Å². The van der Waals surface area contributed by atoms with Gasteiger partial charge in [0.2, 0.25) is 5.91 Å². The fourth-order valence-corrected chi connectivity index (χ4v) is 6.11. The molecule has 2 bridgehead atoms. The normalized spacial score (nSPS) is 24.6. The van der Waals surface area contributed by atoms with Crippen molar-refractivity contribution in [2.45, 2.75) is 57.4 Å². The van der Waals surface area contributed by atoms with E-state index in [-0.39, 0.29) is 39.4 Å². The molecular formula is C23H25F4N3OS. The maximum absolute atomic E-state index is 13.4. The number of likely N-dealkylation sites (tertiary alicyclic amines) is 1. The van der Waals surface area contributed by atoms with E-state index in [4.69, 9.17) is 0 Å². The topological polar surface area (TPSA) is 46.1 Å². The molecule has 1 aliphatic carbocycles. The maximum atomic E-state index is 13.4. The molecule has 4 rings (SSSR count). The van der Waals surface area contributed by atoms with Crippen LogP contribution >= 0.6 is 11.8 Å². The molecule has 1 saturated carbocycles. The molecular weight excluding hydrogens is 442 g/mol. The molecule has 1 saturated heterocycles. The minimum atomic E-state index is -4.66. The van der Waals surface area contributed by atoms with Crippen molar-refractivity contribution in [3.05, 3.63) is 41.8 Å². The van der Waals surface area contributed by atoms with E-state index in [1.807, 2.05) is 4.90 Å². The van der Waals surface area contributed by atoms with Gasteiger partial charge in [0.15, 0.2) is 5.16 Å². The number of halogens is 4. The van der Waals surface area contributed by atoms with Gasteiger partial charge in [-0.3, -0.25) is 4.79 Å². The van der Waals surface area contributed by atoms with Gasteiger partial charge in [-0.25, -0.2) is 14.4 Å². The molecule has 9 heteroatoms. The molecule has 2 atom stereocenters. The standard InChI is InChI=1S/C23H25F4N3OS/c1-21(2)9-16-10-22(3,12-21)13-30(16)19(31)11-32-20-28-17(8-18(29-20)23(25,26)27)14-4-6-15(24)7-5-14/h4-8,16H,9-13H2,1-3H3/t16-,22+/m1/s1. The van der Waals surface area contributed by atoms with Gasteiger partial charge >= 0.3 is 6.18 Å². The molecule has 1 aromatic heterocycles. The summed E-state index contributed by atoms with van der Waals surface area (Å²) < 4.78 is 53.4. The Morgan fingerprint density at radius 2 is 1.84 bits per heavy atom. The molecule has 172 valence electrons. The number of rotatable bonds is 4. The van der Waals surface area contributed by atoms with Crippen LogP contribution in [0.2, 0.25) is 0 Å². The average Bonchev–Trinajstić information content (AvgIpc) is 2.94. The summed E-state index contributed by atoms with van der Waals surface area (Å²) in [6.45, 7) is 7.30. The van der Waals surface area contributed by atoms with Crippen LogP contribution in [0, 0.1) is 16.6 Å². The van der Waals surface area contributed by atoms with Crippen LogP contribution in [0.1, 0.15) is 45.7 Å². The van der Waals surface area contributed by atoms with E-state index in [0.717, 1.165) is 49.2 Å². The van der Waals surface area contributed by atoms with Gasteiger partial charge in [0.25, 0.3) is 0 Å². The van der Waals surface area contributed by atoms with Gasteiger partial charge in [0.05, 0.1) is 11.4 Å². The highest BCUT2D eigenvalue weighted by molar-refractivity contribution is 7.99. The van der Waals surface area contributed by atoms with Crippen LogP contribution in [0.3, 0.4) is 0 Å². The summed E-state index contributed by atoms with van der Waals surface area (Å²) in [6, 6.07) is 6.05. The highest BCUT2D eigenvalue weighted by atomic mass is 32.2. The van der Waals surface area contributed by atoms with Gasteiger partial charge in [-0.15, -0.1) is 0 Å². The molecule has 2 fully saturated rings. The lowest BCUT2D eigenvalue weighted by molar-refractivity contribution is -0.141. The third-order valence-corrected chi connectivity index (χ3v) is 7.03. The first-order chi connectivity index (χ1) is 14.8. The van der Waals surface area contributed by atoms with Crippen molar-refractivity contribution >= 4 is 17.7 Å². The quantitative estimate of drug-likeness (QED) is 0.323. The second-order valence-corrected chi connectivity index (χ2v) is 10.9. The first-order valence-electron chi connectivity index (χ1n) is 10.5. The van der Waals surface area contributed by atoms with Crippen LogP contribution in [0.25, 0.3) is 11.3 Å². The number of alkyl halides is 3. The minimum Gasteiger partial charge on any atom is -0.338 e. The number of fused-ring (bicyclic) bond motifs is 2. The molecule has 4 nitrogen and oxygen atoms in total. The summed E-state index contributed by atoms with van der Waals surface area (Å²) in [5.74, 6) is -0.630. The highest BCUT2D eigenvalue weighted by Gasteiger charge is 2.50. The molecule has 1 aliphatic heterocycles. The van der Waals surface area contributed by atoms with Crippen molar-refractivity contribution in [3.8, 4) is 11.3 Å². The zero-order valence-corrected chi connectivity index (χ0v) is 19.0. The summed E-state index contributed by atoms with van der Waals surface area (Å²) in [6.07, 6.45) is -1.73. The van der Waals surface area contributed by atoms with Crippen LogP contribution in [-0.2, 0) is 11.0 Å². The first-order valence-corrected chi connectivity index (χ1v) is 11.5. The van der Waals surface area contributed by atoms with Crippen molar-refractivity contribution in [2.24, 2.45) is 10.8 Å². The monoisotopic (exact) mass is 467 g/mol. The van der Waals surface area contributed by atoms with Crippen molar-refractivity contribution in [1.29, 1.82) is 0 Å². The van der Waals surface area contributed by atoms with E-state index < -0.39 is 17.7 Å². The number of hydrogen-bond acceptors (Lipinski definition) is 4. The number of aromatic nitrogens is 2. The molecule has 2 heterocycles. The zero-order chi connectivity index (χ0) is 23.3. The lowest BCUT2D eigenvalue weighted by Crippen LogP contribution is -2.38. The number of benzene rings is 1. The SMILES string of the molecule is CC1(C)C[C@@H]2C[C@](C)(CN2C(=O)CSc2nc(-c3ccc(F)cc3)cc(C(F)(F)F)n2)C1. The summed E-state index contributed by atoms with van der Waals surface area (Å²) >= 11 is 0.903. The Labute approximate surface area is 188 Å². The van der Waals surface area contributed by atoms with Gasteiger partial charge in [0, 0.05) is 18.2 Å². The van der Waals surface area contributed by atoms with Gasteiger partial charge in [-0.2, -0.15) is 13.2 Å². The summed E-state index contributed by atoms with van der Waals surface area (Å²) in [5, 5.41) is -0.124. The zero-order valence-electron chi connectivity index (χ0n) is 18.2. The van der Waals surface area contributed by atoms with E-state index in [1.165, 1.54) is 12.1 Å². The number of thioether (sulfide) groups is 1. The number of amides is 1. The minimum absolute atomic E-state index is 0.0306. The van der Waals surface area contributed by atoms with Crippen LogP contribution in [0.15, 0.2) is 35.5 Å². The fraction of sp³-hybridized carbons (Fsp3) is 0.522. The van der Waals surface area contributed by atoms with Crippen LogP contribution in [-0.4, -0.2) is 39.1 Å². The Morgan fingerprint density at radius 3 is 2.50 bits per heavy atom. The molecule has 1 aromatic carbocycles. The summed E-state index contributed by atoms with van der Waals surface area (Å²) in [5.41, 5.74) is -0.471. The maximum Gasteiger partial charge on any atom is 0.433 e. The smallest absolute Gasteiger partial charge is 0.338 e. The molecule has 0 N–H and O–H groups in total. The van der Waals surface area contributed by atoms with E-state index in [0.29, 0.717) is 12.1 Å². The van der Waals surface area contributed by atoms with Crippen LogP contribution in [0.4, 0.5) is 17.6 Å². The van der Waals surface area contributed by atoms with Gasteiger partial charge in [-0.1, -0.05) is 32.5 Å². The van der Waals surface area contributed by atoms with Crippen LogP contribution < -0.4 is 0 Å². The molecule has 32 heavy (non-hydrogen) atoms. The predicted molar refractivity (Wildman–Crippen MR) is 114 cm³/mol. The predicted octanol–water partition coefficient (Wildman–Crippen LogP) is 5.82. The van der Waals surface area contributed by atoms with Gasteiger partial charge in [0.1, 0.15) is 11.5 Å². The largest absolute Gasteiger partial charge is 0.433 e. The van der Waals surface area contributed by atoms with Crippen molar-refractivity contribution in [1.82, 2.24) is 14.9 Å². The Bertz CT molecular complexity index is 1020. The third-order valence-electron chi connectivity index (χ3n) is 6.20. The molecule has 2 aromatic rings. The van der Waals surface area contributed by atoms with E-state index in [2.05, 4.69) is 30.7 Å². The lowest BCUT2D eigenvalue weighted by Gasteiger charge is -2.39. The second-order valence-electron chi connectivity index (χ2n) is 9.95. The fourth-order valence-electron chi connectivity index (χ4n) is 5.36. The van der Waals surface area contributed by atoms with E-state index in [9.17, 15) is 22.4 Å². The lowest BCUT2D eigenvalue weighted by atomic mass is 9.65. The van der Waals surface area contributed by atoms with Gasteiger partial charge in [-0.05, 0) is 60.4 Å². The Hall–Kier alpha value is -2.16. The summed E-state index contributed by atoms with van der Waals surface area (Å²) in [7, 11) is 0. The third kappa shape index (κ3) is 4.92. The number of carbonyl (C=O) groups excluding carboxylic acids is 1. The van der Waals surface area contributed by atoms with Crippen LogP contribution in [0.5, 0.6) is 0 Å². The van der Waals surface area contributed by atoms with Crippen molar-refractivity contribution in [3.63, 3.8) is 0 Å². The molecule has 0 unspecified atom stereocenters. The van der Waals surface area contributed by atoms with Crippen molar-refractivity contribution in [2.75, 3.05) is 12.3 Å². The Balaban J connectivity index is 1.53.